The van der Waals surface area contributed by atoms with E-state index in [2.05, 4.69) is 17.2 Å². The minimum absolute atomic E-state index is 0.0872. The first-order chi connectivity index (χ1) is 9.15. The van der Waals surface area contributed by atoms with Crippen molar-refractivity contribution in [1.82, 2.24) is 10.3 Å². The summed E-state index contributed by atoms with van der Waals surface area (Å²) in [6.45, 7) is 4.69. The second-order valence-electron chi connectivity index (χ2n) is 5.22. The van der Waals surface area contributed by atoms with E-state index in [1.54, 1.807) is 0 Å². The third-order valence-corrected chi connectivity index (χ3v) is 3.73. The third-order valence-electron chi connectivity index (χ3n) is 3.73. The molecule has 0 radical (unpaired) electrons. The second kappa shape index (κ2) is 6.04. The number of Topliss-reactive ketones (excluding diaryl/α,β-unsaturated/α-hetero) is 1. The van der Waals surface area contributed by atoms with E-state index in [1.807, 2.05) is 6.92 Å². The Morgan fingerprint density at radius 2 is 2.11 bits per heavy atom. The first kappa shape index (κ1) is 13.8. The fraction of sp³-hybridized carbons (Fsp3) is 0.600. The lowest BCUT2D eigenvalue weighted by Gasteiger charge is -2.09. The predicted molar refractivity (Wildman–Crippen MR) is 74.7 cm³/mol. The van der Waals surface area contributed by atoms with E-state index < -0.39 is 0 Å². The number of nitrogens with one attached hydrogen (secondary N) is 2. The number of amides is 1. The van der Waals surface area contributed by atoms with Gasteiger partial charge in [-0.05, 0) is 31.7 Å². The van der Waals surface area contributed by atoms with Crippen LogP contribution in [0.4, 0.5) is 0 Å². The molecule has 4 nitrogen and oxygen atoms in total. The Labute approximate surface area is 114 Å². The van der Waals surface area contributed by atoms with Crippen LogP contribution < -0.4 is 5.32 Å². The molecule has 104 valence electrons. The van der Waals surface area contributed by atoms with E-state index in [0.717, 1.165) is 48.9 Å². The maximum absolute atomic E-state index is 12.1. The number of carbonyl (C=O) groups excluding carboxylic acids is 2. The van der Waals surface area contributed by atoms with Crippen LogP contribution in [0.15, 0.2) is 0 Å². The van der Waals surface area contributed by atoms with Crippen LogP contribution >= 0.6 is 0 Å². The number of aromatic amines is 1. The summed E-state index contributed by atoms with van der Waals surface area (Å²) < 4.78 is 0. The smallest absolute Gasteiger partial charge is 0.268 e. The highest BCUT2D eigenvalue weighted by Gasteiger charge is 2.25. The Morgan fingerprint density at radius 1 is 1.32 bits per heavy atom. The molecule has 0 bridgehead atoms. The molecule has 1 aliphatic carbocycles. The molecule has 1 heterocycles. The highest BCUT2D eigenvalue weighted by Crippen LogP contribution is 2.26. The topological polar surface area (TPSA) is 62.0 Å². The lowest BCUT2D eigenvalue weighted by atomic mass is 9.94. The van der Waals surface area contributed by atoms with Crippen molar-refractivity contribution in [1.29, 1.82) is 0 Å². The molecular weight excluding hydrogens is 240 g/mol. The van der Waals surface area contributed by atoms with Crippen molar-refractivity contribution in [2.75, 3.05) is 6.54 Å². The number of unbranched alkanes of at least 4 members (excludes halogenated alkanes) is 2. The van der Waals surface area contributed by atoms with Crippen molar-refractivity contribution in [3.05, 3.63) is 22.5 Å². The van der Waals surface area contributed by atoms with Gasteiger partial charge in [-0.25, -0.2) is 0 Å². The number of hydrogen-bond donors (Lipinski definition) is 2. The first-order valence-electron chi connectivity index (χ1n) is 7.18. The van der Waals surface area contributed by atoms with Gasteiger partial charge in [-0.1, -0.05) is 19.8 Å². The maximum Gasteiger partial charge on any atom is 0.268 e. The Kier molecular flexibility index (Phi) is 4.40. The Bertz CT molecular complexity index is 489. The molecular formula is C15H22N2O2. The van der Waals surface area contributed by atoms with Crippen LogP contribution in [0.5, 0.6) is 0 Å². The summed E-state index contributed by atoms with van der Waals surface area (Å²) in [6, 6.07) is 0. The van der Waals surface area contributed by atoms with Gasteiger partial charge < -0.3 is 10.3 Å². The number of aromatic nitrogens is 1. The predicted octanol–water partition coefficient (Wildman–Crippen LogP) is 2.76. The zero-order chi connectivity index (χ0) is 13.8. The van der Waals surface area contributed by atoms with Gasteiger partial charge in [0.15, 0.2) is 5.78 Å². The molecule has 1 amide bonds. The Balaban J connectivity index is 2.08. The number of hydrogen-bond acceptors (Lipinski definition) is 2. The quantitative estimate of drug-likeness (QED) is 0.801. The average Bonchev–Trinajstić information content (AvgIpc) is 2.73. The van der Waals surface area contributed by atoms with Crippen molar-refractivity contribution in [2.24, 2.45) is 0 Å². The third kappa shape index (κ3) is 2.88. The number of aryl methyl sites for hydroxylation is 1. The van der Waals surface area contributed by atoms with E-state index in [9.17, 15) is 9.59 Å². The SMILES string of the molecule is CCCCCNC(=O)c1[nH]c2c(c1C)C(=O)CCC2. The molecule has 2 N–H and O–H groups in total. The largest absolute Gasteiger partial charge is 0.354 e. The maximum atomic E-state index is 12.1. The van der Waals surface area contributed by atoms with Gasteiger partial charge in [-0.15, -0.1) is 0 Å². The minimum Gasteiger partial charge on any atom is -0.354 e. The summed E-state index contributed by atoms with van der Waals surface area (Å²) in [4.78, 5) is 27.1. The number of fused-ring (bicyclic) bond motifs is 1. The van der Waals surface area contributed by atoms with Gasteiger partial charge in [0.05, 0.1) is 0 Å². The number of ketones is 1. The van der Waals surface area contributed by atoms with Crippen molar-refractivity contribution >= 4 is 11.7 Å². The summed E-state index contributed by atoms with van der Waals surface area (Å²) in [5, 5.41) is 2.92. The van der Waals surface area contributed by atoms with Crippen molar-refractivity contribution in [2.45, 2.75) is 52.4 Å². The molecule has 0 unspecified atom stereocenters. The zero-order valence-electron chi connectivity index (χ0n) is 11.8. The van der Waals surface area contributed by atoms with Crippen LogP contribution in [-0.4, -0.2) is 23.2 Å². The van der Waals surface area contributed by atoms with Crippen LogP contribution in [0.1, 0.15) is 71.1 Å². The lowest BCUT2D eigenvalue weighted by Crippen LogP contribution is -2.25. The van der Waals surface area contributed by atoms with Gasteiger partial charge in [0.1, 0.15) is 5.69 Å². The van der Waals surface area contributed by atoms with E-state index in [4.69, 9.17) is 0 Å². The lowest BCUT2D eigenvalue weighted by molar-refractivity contribution is 0.0947. The van der Waals surface area contributed by atoms with E-state index >= 15 is 0 Å². The molecule has 0 saturated carbocycles. The molecule has 1 aromatic heterocycles. The summed E-state index contributed by atoms with van der Waals surface area (Å²) in [5.74, 6) is 0.0795. The van der Waals surface area contributed by atoms with Crippen molar-refractivity contribution < 1.29 is 9.59 Å². The van der Waals surface area contributed by atoms with Crippen molar-refractivity contribution in [3.8, 4) is 0 Å². The molecule has 1 aromatic rings. The first-order valence-corrected chi connectivity index (χ1v) is 7.18. The van der Waals surface area contributed by atoms with Crippen LogP contribution in [0.2, 0.25) is 0 Å². The molecule has 0 aromatic carbocycles. The highest BCUT2D eigenvalue weighted by molar-refractivity contribution is 6.04. The highest BCUT2D eigenvalue weighted by atomic mass is 16.2. The molecule has 2 rings (SSSR count). The van der Waals surface area contributed by atoms with Gasteiger partial charge in [-0.3, -0.25) is 9.59 Å². The van der Waals surface area contributed by atoms with E-state index in [0.29, 0.717) is 18.7 Å². The van der Waals surface area contributed by atoms with Gasteiger partial charge in [-0.2, -0.15) is 0 Å². The molecule has 4 heteroatoms. The van der Waals surface area contributed by atoms with Gasteiger partial charge in [0.25, 0.3) is 5.91 Å². The summed E-state index contributed by atoms with van der Waals surface area (Å²) in [7, 11) is 0. The van der Waals surface area contributed by atoms with E-state index in [1.165, 1.54) is 0 Å². The van der Waals surface area contributed by atoms with Crippen molar-refractivity contribution in [3.63, 3.8) is 0 Å². The Morgan fingerprint density at radius 3 is 2.79 bits per heavy atom. The molecule has 0 aliphatic heterocycles. The summed E-state index contributed by atoms with van der Waals surface area (Å²) in [5.41, 5.74) is 3.07. The summed E-state index contributed by atoms with van der Waals surface area (Å²) in [6.07, 6.45) is 5.61. The number of H-pyrrole nitrogens is 1. The van der Waals surface area contributed by atoms with Crippen LogP contribution in [-0.2, 0) is 6.42 Å². The zero-order valence-corrected chi connectivity index (χ0v) is 11.8. The van der Waals surface area contributed by atoms with Gasteiger partial charge >= 0.3 is 0 Å². The number of carbonyl (C=O) groups is 2. The summed E-state index contributed by atoms with van der Waals surface area (Å²) >= 11 is 0. The molecule has 0 saturated heterocycles. The minimum atomic E-state index is -0.0872. The van der Waals surface area contributed by atoms with Crippen LogP contribution in [0, 0.1) is 6.92 Å². The fourth-order valence-electron chi connectivity index (χ4n) is 2.67. The molecule has 0 spiro atoms. The monoisotopic (exact) mass is 262 g/mol. The van der Waals surface area contributed by atoms with Crippen LogP contribution in [0.3, 0.4) is 0 Å². The average molecular weight is 262 g/mol. The van der Waals surface area contributed by atoms with Crippen LogP contribution in [0.25, 0.3) is 0 Å². The fourth-order valence-corrected chi connectivity index (χ4v) is 2.67. The standard InChI is InChI=1S/C15H22N2O2/c1-3-4-5-9-16-15(19)14-10(2)13-11(17-14)7-6-8-12(13)18/h17H,3-9H2,1-2H3,(H,16,19). The molecule has 0 atom stereocenters. The second-order valence-corrected chi connectivity index (χ2v) is 5.22. The van der Waals surface area contributed by atoms with E-state index in [-0.39, 0.29) is 11.7 Å². The van der Waals surface area contributed by atoms with Gasteiger partial charge in [0.2, 0.25) is 0 Å². The normalized spacial score (nSPS) is 14.3. The van der Waals surface area contributed by atoms with Gasteiger partial charge in [0, 0.05) is 24.2 Å². The number of rotatable bonds is 5. The Hall–Kier alpha value is -1.58. The molecule has 1 aliphatic rings. The molecule has 19 heavy (non-hydrogen) atoms. The molecule has 0 fully saturated rings.